The molecule has 2 aromatic carbocycles. The van der Waals surface area contributed by atoms with Gasteiger partial charge in [0, 0.05) is 26.2 Å². The van der Waals surface area contributed by atoms with E-state index in [1.165, 1.54) is 18.2 Å². The number of nitrogens with zero attached hydrogens (tertiary/aromatic N) is 2. The maximum atomic E-state index is 12.7. The van der Waals surface area contributed by atoms with Crippen LogP contribution in [0.25, 0.3) is 0 Å². The van der Waals surface area contributed by atoms with Crippen LogP contribution in [0.5, 0.6) is 17.2 Å². The minimum Gasteiger partial charge on any atom is -0.508 e. The Morgan fingerprint density at radius 2 is 1.57 bits per heavy atom. The zero-order valence-corrected chi connectivity index (χ0v) is 15.7. The Labute approximate surface area is 163 Å². The Bertz CT molecular complexity index is 837. The Balaban J connectivity index is 1.59. The molecule has 1 fully saturated rings. The lowest BCUT2D eigenvalue weighted by Crippen LogP contribution is -2.43. The number of phenolic OH excluding ortho intramolecular Hbond substituents is 2. The maximum absolute atomic E-state index is 12.7. The predicted octanol–water partition coefficient (Wildman–Crippen LogP) is 2.24. The maximum Gasteiger partial charge on any atom is 0.263 e. The van der Waals surface area contributed by atoms with Gasteiger partial charge >= 0.3 is 0 Å². The highest BCUT2D eigenvalue weighted by Crippen LogP contribution is 2.20. The summed E-state index contributed by atoms with van der Waals surface area (Å²) in [5.74, 6) is 0.212. The van der Waals surface area contributed by atoms with Crippen LogP contribution in [0.4, 0.5) is 0 Å². The average molecular weight is 384 g/mol. The number of carbonyl (C=O) groups is 2. The zero-order valence-electron chi connectivity index (χ0n) is 15.7. The van der Waals surface area contributed by atoms with Crippen molar-refractivity contribution in [1.29, 1.82) is 0 Å². The van der Waals surface area contributed by atoms with Gasteiger partial charge in [0.1, 0.15) is 17.2 Å². The summed E-state index contributed by atoms with van der Waals surface area (Å²) in [6.07, 6.45) is -0.0262. The lowest BCUT2D eigenvalue weighted by molar-refractivity contribution is -0.137. The van der Waals surface area contributed by atoms with Gasteiger partial charge in [-0.3, -0.25) is 9.59 Å². The monoisotopic (exact) mass is 384 g/mol. The fourth-order valence-corrected chi connectivity index (χ4v) is 3.20. The molecular formula is C21H24N2O5. The van der Waals surface area contributed by atoms with Crippen LogP contribution in [0.3, 0.4) is 0 Å². The average Bonchev–Trinajstić information content (AvgIpc) is 2.95. The van der Waals surface area contributed by atoms with Gasteiger partial charge in [0.25, 0.3) is 11.8 Å². The van der Waals surface area contributed by atoms with Gasteiger partial charge in [0.05, 0.1) is 5.56 Å². The molecular weight excluding hydrogens is 360 g/mol. The van der Waals surface area contributed by atoms with E-state index in [2.05, 4.69) is 0 Å². The first-order valence-electron chi connectivity index (χ1n) is 9.27. The van der Waals surface area contributed by atoms with Gasteiger partial charge in [-0.05, 0) is 49.7 Å². The first-order chi connectivity index (χ1) is 13.5. The largest absolute Gasteiger partial charge is 0.508 e. The Hall–Kier alpha value is -3.22. The van der Waals surface area contributed by atoms with Crippen LogP contribution in [0.15, 0.2) is 48.5 Å². The molecule has 1 aliphatic rings. The van der Waals surface area contributed by atoms with Crippen LogP contribution in [0, 0.1) is 0 Å². The van der Waals surface area contributed by atoms with Crippen LogP contribution in [-0.2, 0) is 4.79 Å². The summed E-state index contributed by atoms with van der Waals surface area (Å²) >= 11 is 0. The predicted molar refractivity (Wildman–Crippen MR) is 103 cm³/mol. The second-order valence-corrected chi connectivity index (χ2v) is 6.74. The first-order valence-corrected chi connectivity index (χ1v) is 9.27. The Morgan fingerprint density at radius 3 is 2.29 bits per heavy atom. The summed E-state index contributed by atoms with van der Waals surface area (Å²) in [6.45, 7) is 3.54. The molecule has 0 saturated carbocycles. The summed E-state index contributed by atoms with van der Waals surface area (Å²) in [5, 5.41) is 19.2. The van der Waals surface area contributed by atoms with Gasteiger partial charge in [-0.1, -0.05) is 12.1 Å². The number of aromatic hydroxyl groups is 2. The zero-order chi connectivity index (χ0) is 20.1. The molecule has 148 valence electrons. The van der Waals surface area contributed by atoms with E-state index in [1.807, 2.05) is 0 Å². The van der Waals surface area contributed by atoms with Gasteiger partial charge in [-0.2, -0.15) is 0 Å². The fourth-order valence-electron chi connectivity index (χ4n) is 3.20. The third kappa shape index (κ3) is 4.54. The van der Waals surface area contributed by atoms with Gasteiger partial charge in [-0.15, -0.1) is 0 Å². The van der Waals surface area contributed by atoms with Crippen LogP contribution in [0.2, 0.25) is 0 Å². The minimum absolute atomic E-state index is 0.0411. The standard InChI is InChI=1S/C21H24N2O5/c1-15(28-17-9-7-16(24)8-10-17)20(26)22-11-4-12-23(14-13-22)21(27)18-5-2-3-6-19(18)25/h2-3,5-10,15,24-25H,4,11-14H2,1H3. The number of ether oxygens (including phenoxy) is 1. The molecule has 0 aliphatic carbocycles. The van der Waals surface area contributed by atoms with Gasteiger partial charge in [-0.25, -0.2) is 0 Å². The van der Waals surface area contributed by atoms with Gasteiger partial charge < -0.3 is 24.7 Å². The molecule has 0 aromatic heterocycles. The highest BCUT2D eigenvalue weighted by molar-refractivity contribution is 5.96. The van der Waals surface area contributed by atoms with Crippen molar-refractivity contribution in [2.75, 3.05) is 26.2 Å². The van der Waals surface area contributed by atoms with Gasteiger partial charge in [0.2, 0.25) is 0 Å². The summed E-state index contributed by atoms with van der Waals surface area (Å²) in [4.78, 5) is 28.8. The van der Waals surface area contributed by atoms with Crippen molar-refractivity contribution in [2.24, 2.45) is 0 Å². The smallest absolute Gasteiger partial charge is 0.263 e. The fraction of sp³-hybridized carbons (Fsp3) is 0.333. The van der Waals surface area contributed by atoms with Gasteiger partial charge in [0.15, 0.2) is 6.10 Å². The lowest BCUT2D eigenvalue weighted by atomic mass is 10.1. The van der Waals surface area contributed by atoms with E-state index in [9.17, 15) is 19.8 Å². The Morgan fingerprint density at radius 1 is 0.929 bits per heavy atom. The third-order valence-corrected chi connectivity index (χ3v) is 4.73. The molecule has 28 heavy (non-hydrogen) atoms. The number of hydrogen-bond donors (Lipinski definition) is 2. The number of hydrogen-bond acceptors (Lipinski definition) is 5. The molecule has 1 aliphatic heterocycles. The van der Waals surface area contributed by atoms with Crippen LogP contribution < -0.4 is 4.74 Å². The summed E-state index contributed by atoms with van der Waals surface area (Å²) < 4.78 is 5.67. The molecule has 1 unspecified atom stereocenters. The van der Waals surface area contributed by atoms with E-state index in [0.29, 0.717) is 38.3 Å². The van der Waals surface area contributed by atoms with E-state index < -0.39 is 6.10 Å². The van der Waals surface area contributed by atoms with Crippen LogP contribution >= 0.6 is 0 Å². The first kappa shape index (κ1) is 19.5. The molecule has 2 amide bonds. The topological polar surface area (TPSA) is 90.3 Å². The molecule has 0 spiro atoms. The molecule has 1 saturated heterocycles. The van der Waals surface area contributed by atoms with Crippen molar-refractivity contribution in [2.45, 2.75) is 19.4 Å². The Kier molecular flexibility index (Phi) is 6.03. The normalized spacial score (nSPS) is 15.6. The van der Waals surface area contributed by atoms with Crippen molar-refractivity contribution >= 4 is 11.8 Å². The highest BCUT2D eigenvalue weighted by atomic mass is 16.5. The van der Waals surface area contributed by atoms with E-state index in [4.69, 9.17) is 4.74 Å². The highest BCUT2D eigenvalue weighted by Gasteiger charge is 2.27. The number of para-hydroxylation sites is 1. The summed E-state index contributed by atoms with van der Waals surface area (Å²) in [7, 11) is 0. The molecule has 0 bridgehead atoms. The van der Waals surface area contributed by atoms with Crippen molar-refractivity contribution in [3.05, 3.63) is 54.1 Å². The van der Waals surface area contributed by atoms with E-state index in [-0.39, 0.29) is 28.9 Å². The van der Waals surface area contributed by atoms with Crippen LogP contribution in [0.1, 0.15) is 23.7 Å². The number of carbonyl (C=O) groups excluding carboxylic acids is 2. The molecule has 7 heteroatoms. The molecule has 3 rings (SSSR count). The number of amides is 2. The SMILES string of the molecule is CC(Oc1ccc(O)cc1)C(=O)N1CCCN(C(=O)c2ccccc2O)CC1. The molecule has 2 N–H and O–H groups in total. The van der Waals surface area contributed by atoms with E-state index in [1.54, 1.807) is 47.1 Å². The van der Waals surface area contributed by atoms with Crippen LogP contribution in [-0.4, -0.2) is 64.1 Å². The molecule has 1 heterocycles. The summed E-state index contributed by atoms with van der Waals surface area (Å²) in [6, 6.07) is 12.7. The minimum atomic E-state index is -0.676. The quantitative estimate of drug-likeness (QED) is 0.844. The van der Waals surface area contributed by atoms with E-state index >= 15 is 0 Å². The number of rotatable bonds is 4. The lowest BCUT2D eigenvalue weighted by Gasteiger charge is -2.25. The molecule has 2 aromatic rings. The van der Waals surface area contributed by atoms with Crippen molar-refractivity contribution in [3.8, 4) is 17.2 Å². The van der Waals surface area contributed by atoms with E-state index in [0.717, 1.165) is 0 Å². The van der Waals surface area contributed by atoms with Crippen molar-refractivity contribution in [1.82, 2.24) is 9.80 Å². The number of benzene rings is 2. The molecule has 0 radical (unpaired) electrons. The third-order valence-electron chi connectivity index (χ3n) is 4.73. The molecule has 7 nitrogen and oxygen atoms in total. The summed E-state index contributed by atoms with van der Waals surface area (Å²) in [5.41, 5.74) is 0.270. The number of phenols is 2. The molecule has 1 atom stereocenters. The second-order valence-electron chi connectivity index (χ2n) is 6.74. The van der Waals surface area contributed by atoms with Crippen molar-refractivity contribution < 1.29 is 24.5 Å². The second kappa shape index (κ2) is 8.65. The van der Waals surface area contributed by atoms with Crippen molar-refractivity contribution in [3.63, 3.8) is 0 Å².